The number of hydrogen-bond acceptors (Lipinski definition) is 6. The number of allylic oxidation sites excluding steroid dienone is 1. The zero-order valence-electron chi connectivity index (χ0n) is 20.4. The van der Waals surface area contributed by atoms with Crippen LogP contribution in [-0.2, 0) is 6.42 Å². The van der Waals surface area contributed by atoms with E-state index in [0.29, 0.717) is 33.7 Å². The second-order valence-electron chi connectivity index (χ2n) is 9.14. The van der Waals surface area contributed by atoms with Crippen molar-refractivity contribution in [1.29, 1.82) is 0 Å². The molecule has 1 atom stereocenters. The van der Waals surface area contributed by atoms with E-state index in [4.69, 9.17) is 9.73 Å². The quantitative estimate of drug-likeness (QED) is 0.207. The number of aryl methyl sites for hydroxylation is 1. The Morgan fingerprint density at radius 2 is 1.95 bits per heavy atom. The van der Waals surface area contributed by atoms with Gasteiger partial charge in [0.05, 0.1) is 21.2 Å². The van der Waals surface area contributed by atoms with Crippen molar-refractivity contribution in [3.05, 3.63) is 143 Å². The summed E-state index contributed by atoms with van der Waals surface area (Å²) in [6.45, 7) is 4.07. The number of fused-ring (bicyclic) bond motifs is 3. The smallest absolute Gasteiger partial charge is 0.271 e. The first-order valence-electron chi connectivity index (χ1n) is 12.2. The summed E-state index contributed by atoms with van der Waals surface area (Å²) < 4.78 is 7.88. The van der Waals surface area contributed by atoms with Crippen LogP contribution in [0.1, 0.15) is 34.7 Å². The summed E-state index contributed by atoms with van der Waals surface area (Å²) in [4.78, 5) is 30.6. The van der Waals surface area contributed by atoms with Crippen LogP contribution in [0.3, 0.4) is 0 Å². The van der Waals surface area contributed by atoms with E-state index in [1.165, 1.54) is 23.0 Å². The topological polar surface area (TPSA) is 86.7 Å². The summed E-state index contributed by atoms with van der Waals surface area (Å²) in [6.07, 6.45) is 5.05. The molecular weight excluding hydrogens is 498 g/mol. The Hall–Kier alpha value is -4.56. The van der Waals surface area contributed by atoms with Gasteiger partial charge in [-0.05, 0) is 53.3 Å². The Kier molecular flexibility index (Phi) is 6.09. The minimum Gasteiger partial charge on any atom is -0.490 e. The summed E-state index contributed by atoms with van der Waals surface area (Å²) in [7, 11) is 0. The molecule has 0 amide bonds. The predicted octanol–water partition coefficient (Wildman–Crippen LogP) is 4.79. The van der Waals surface area contributed by atoms with Crippen molar-refractivity contribution in [2.24, 2.45) is 4.99 Å². The molecule has 0 bridgehead atoms. The average Bonchev–Trinajstić information content (AvgIpc) is 3.25. The number of ether oxygens (including phenoxy) is 1. The van der Waals surface area contributed by atoms with Gasteiger partial charge in [-0.3, -0.25) is 19.5 Å². The van der Waals surface area contributed by atoms with Crippen LogP contribution in [0.5, 0.6) is 5.75 Å². The van der Waals surface area contributed by atoms with Gasteiger partial charge in [0.1, 0.15) is 12.4 Å². The van der Waals surface area contributed by atoms with Crippen LogP contribution < -0.4 is 19.6 Å². The third-order valence-electron chi connectivity index (χ3n) is 6.79. The molecule has 0 saturated carbocycles. The highest BCUT2D eigenvalue weighted by atomic mass is 32.1. The zero-order chi connectivity index (χ0) is 26.2. The van der Waals surface area contributed by atoms with E-state index in [1.54, 1.807) is 22.8 Å². The lowest BCUT2D eigenvalue weighted by atomic mass is 9.83. The third-order valence-corrected chi connectivity index (χ3v) is 7.78. The number of rotatable bonds is 6. The molecule has 0 unspecified atom stereocenters. The highest BCUT2D eigenvalue weighted by Gasteiger charge is 2.33. The molecule has 1 aliphatic heterocycles. The monoisotopic (exact) mass is 521 g/mol. The first-order chi connectivity index (χ1) is 18.5. The van der Waals surface area contributed by atoms with Crippen molar-refractivity contribution in [3.8, 4) is 5.75 Å². The van der Waals surface area contributed by atoms with E-state index in [0.717, 1.165) is 28.8 Å². The van der Waals surface area contributed by atoms with Gasteiger partial charge >= 0.3 is 0 Å². The van der Waals surface area contributed by atoms with Crippen LogP contribution in [0.15, 0.2) is 101 Å². The van der Waals surface area contributed by atoms with E-state index in [9.17, 15) is 14.9 Å². The van der Waals surface area contributed by atoms with Crippen LogP contribution in [0.4, 0.5) is 5.69 Å². The van der Waals surface area contributed by atoms with Crippen molar-refractivity contribution in [3.63, 3.8) is 0 Å². The number of nitro groups is 1. The number of aromatic nitrogens is 1. The van der Waals surface area contributed by atoms with Crippen LogP contribution >= 0.6 is 11.3 Å². The fraction of sp³-hybridized carbons (Fsp3) is 0.133. The molecule has 3 aromatic carbocycles. The fourth-order valence-electron chi connectivity index (χ4n) is 5.13. The molecule has 2 heterocycles. The molecule has 8 heteroatoms. The lowest BCUT2D eigenvalue weighted by Crippen LogP contribution is -2.38. The molecule has 7 nitrogen and oxygen atoms in total. The third kappa shape index (κ3) is 4.18. The normalized spacial score (nSPS) is 16.2. The molecule has 2 aliphatic rings. The number of thiazole rings is 1. The van der Waals surface area contributed by atoms with Gasteiger partial charge in [-0.1, -0.05) is 72.5 Å². The molecule has 0 fully saturated rings. The molecule has 1 aromatic heterocycles. The summed E-state index contributed by atoms with van der Waals surface area (Å²) >= 11 is 1.32. The second-order valence-corrected chi connectivity index (χ2v) is 10.1. The van der Waals surface area contributed by atoms with Crippen molar-refractivity contribution in [2.75, 3.05) is 6.61 Å². The van der Waals surface area contributed by atoms with Crippen molar-refractivity contribution in [2.45, 2.75) is 18.9 Å². The van der Waals surface area contributed by atoms with Gasteiger partial charge in [0, 0.05) is 17.7 Å². The van der Waals surface area contributed by atoms with Crippen molar-refractivity contribution >= 4 is 28.8 Å². The van der Waals surface area contributed by atoms with Crippen LogP contribution in [-0.4, -0.2) is 16.1 Å². The van der Waals surface area contributed by atoms with Gasteiger partial charge in [-0.15, -0.1) is 0 Å². The number of hydrogen-bond donors (Lipinski definition) is 0. The summed E-state index contributed by atoms with van der Waals surface area (Å²) in [5, 5.41) is 11.6. The number of non-ortho nitro benzene ring substituents is 1. The SMILES string of the molecule is C=CCOc1cccc(/C=c2/sc3n(c2=O)[C@H](c2cccc([N+](=O)[O-])c2)C2=C(N=3)c3ccccc3CC2)c1. The Morgan fingerprint density at radius 3 is 2.79 bits per heavy atom. The van der Waals surface area contributed by atoms with E-state index in [1.807, 2.05) is 48.5 Å². The fourth-order valence-corrected chi connectivity index (χ4v) is 6.13. The summed E-state index contributed by atoms with van der Waals surface area (Å²) in [5.41, 5.74) is 5.48. The minimum atomic E-state index is -0.473. The maximum absolute atomic E-state index is 13.9. The minimum absolute atomic E-state index is 0.00340. The van der Waals surface area contributed by atoms with E-state index < -0.39 is 11.0 Å². The van der Waals surface area contributed by atoms with Gasteiger partial charge in [0.15, 0.2) is 4.80 Å². The van der Waals surface area contributed by atoms with Gasteiger partial charge in [0.25, 0.3) is 11.2 Å². The number of benzene rings is 3. The van der Waals surface area contributed by atoms with E-state index in [-0.39, 0.29) is 11.2 Å². The molecule has 0 radical (unpaired) electrons. The van der Waals surface area contributed by atoms with Crippen molar-refractivity contribution < 1.29 is 9.66 Å². The highest BCUT2D eigenvalue weighted by Crippen LogP contribution is 2.41. The molecule has 38 heavy (non-hydrogen) atoms. The van der Waals surface area contributed by atoms with Gasteiger partial charge in [-0.25, -0.2) is 4.99 Å². The Morgan fingerprint density at radius 1 is 1.11 bits per heavy atom. The molecular formula is C30H23N3O4S. The molecule has 1 aliphatic carbocycles. The zero-order valence-corrected chi connectivity index (χ0v) is 21.2. The largest absolute Gasteiger partial charge is 0.490 e. The number of nitrogens with zero attached hydrogens (tertiary/aromatic N) is 3. The first-order valence-corrected chi connectivity index (χ1v) is 13.1. The van der Waals surface area contributed by atoms with Crippen LogP contribution in [0.2, 0.25) is 0 Å². The van der Waals surface area contributed by atoms with E-state index >= 15 is 0 Å². The van der Waals surface area contributed by atoms with Gasteiger partial charge in [-0.2, -0.15) is 0 Å². The Balaban J connectivity index is 1.57. The molecule has 0 N–H and O–H groups in total. The average molecular weight is 522 g/mol. The highest BCUT2D eigenvalue weighted by molar-refractivity contribution is 7.07. The Bertz CT molecular complexity index is 1820. The molecule has 4 aromatic rings. The van der Waals surface area contributed by atoms with Gasteiger partial charge < -0.3 is 4.74 Å². The first kappa shape index (κ1) is 23.8. The summed E-state index contributed by atoms with van der Waals surface area (Å²) in [6, 6.07) is 21.8. The molecule has 6 rings (SSSR count). The van der Waals surface area contributed by atoms with Crippen LogP contribution in [0.25, 0.3) is 11.8 Å². The van der Waals surface area contributed by atoms with E-state index in [2.05, 4.69) is 18.7 Å². The summed E-state index contributed by atoms with van der Waals surface area (Å²) in [5.74, 6) is 0.688. The van der Waals surface area contributed by atoms with Crippen molar-refractivity contribution in [1.82, 2.24) is 4.57 Å². The number of nitro benzene ring substituents is 1. The molecule has 0 spiro atoms. The second kappa shape index (κ2) is 9.72. The lowest BCUT2D eigenvalue weighted by molar-refractivity contribution is -0.384. The maximum atomic E-state index is 13.9. The molecule has 188 valence electrons. The lowest BCUT2D eigenvalue weighted by Gasteiger charge is -2.30. The standard InChI is InChI=1S/C30H23N3O4S/c1-2-15-37-23-11-5-7-19(16-23)17-26-29(34)32-28(21-9-6-10-22(18-21)33(35)36)25-14-13-20-8-3-4-12-24(20)27(25)31-30(32)38-26/h2-12,16-18,28H,1,13-15H2/b26-17+/t28-/m1/s1. The van der Waals surface area contributed by atoms with Gasteiger partial charge in [0.2, 0.25) is 0 Å². The predicted molar refractivity (Wildman–Crippen MR) is 148 cm³/mol. The van der Waals surface area contributed by atoms with Crippen LogP contribution in [0, 0.1) is 10.1 Å². The maximum Gasteiger partial charge on any atom is 0.271 e. The Labute approximate surface area is 222 Å². The molecule has 0 saturated heterocycles.